The minimum absolute atomic E-state index is 0.934. The fourth-order valence-electron chi connectivity index (χ4n) is 4.79. The van der Waals surface area contributed by atoms with E-state index < -0.39 is 0 Å². The molecule has 0 radical (unpaired) electrons. The summed E-state index contributed by atoms with van der Waals surface area (Å²) < 4.78 is 1.46. The third kappa shape index (κ3) is 9.36. The predicted molar refractivity (Wildman–Crippen MR) is 158 cm³/mol. The van der Waals surface area contributed by atoms with Gasteiger partial charge in [-0.3, -0.25) is 0 Å². The predicted octanol–water partition coefficient (Wildman–Crippen LogP) is 11.1. The maximum absolute atomic E-state index is 11.4. The molecular formula is C34H50N2Ni. The number of nitrogens with zero attached hydrogens (tertiary/aromatic N) is 2. The van der Waals surface area contributed by atoms with Gasteiger partial charge in [-0.2, -0.15) is 0 Å². The summed E-state index contributed by atoms with van der Waals surface area (Å²) in [6.07, 6.45) is 11.7. The van der Waals surface area contributed by atoms with Crippen molar-refractivity contribution in [1.29, 1.82) is 0 Å². The van der Waals surface area contributed by atoms with Gasteiger partial charge in [-0.05, 0) is 80.8 Å². The fourth-order valence-corrected chi connectivity index (χ4v) is 5.28. The van der Waals surface area contributed by atoms with E-state index in [9.17, 15) is 5.53 Å². The van der Waals surface area contributed by atoms with Gasteiger partial charge >= 0.3 is 39.1 Å². The summed E-state index contributed by atoms with van der Waals surface area (Å²) in [5, 5.41) is 2.56. The zero-order valence-electron chi connectivity index (χ0n) is 24.3. The molecule has 0 bridgehead atoms. The van der Waals surface area contributed by atoms with Crippen molar-refractivity contribution < 1.29 is 19.1 Å². The minimum atomic E-state index is 0.934. The van der Waals surface area contributed by atoms with E-state index in [0.29, 0.717) is 0 Å². The fraction of sp³-hybridized carbons (Fsp3) is 0.529. The second-order valence-electron chi connectivity index (χ2n) is 9.78. The average molecular weight is 545 g/mol. The molecule has 2 nitrogen and oxygen atoms in total. The van der Waals surface area contributed by atoms with Crippen LogP contribution in [0.1, 0.15) is 115 Å². The Balaban J connectivity index is 0.000000877. The number of benzene rings is 2. The van der Waals surface area contributed by atoms with Crippen molar-refractivity contribution in [3.8, 4) is 0 Å². The van der Waals surface area contributed by atoms with E-state index >= 15 is 0 Å². The average Bonchev–Trinajstić information content (AvgIpc) is 3.17. The molecule has 2 aromatic rings. The van der Waals surface area contributed by atoms with Crippen molar-refractivity contribution in [2.45, 2.75) is 117 Å². The first-order valence-electron chi connectivity index (χ1n) is 14.6. The molecule has 1 heterocycles. The Morgan fingerprint density at radius 3 is 1.46 bits per heavy atom. The molecule has 0 fully saturated rings. The Hall–Kier alpha value is -1.99. The summed E-state index contributed by atoms with van der Waals surface area (Å²) in [5.74, 6) is 0. The molecule has 0 amide bonds. The number of allylic oxidation sites excluding steroid dienone is 2. The van der Waals surface area contributed by atoms with Gasteiger partial charge < -0.3 is 5.53 Å². The molecule has 206 valence electrons. The Labute approximate surface area is 234 Å². The summed E-state index contributed by atoms with van der Waals surface area (Å²) in [5.41, 5.74) is 20.7. The molecule has 0 atom stereocenters. The first kappa shape index (κ1) is 31.2. The Bertz CT molecular complexity index is 1010. The van der Waals surface area contributed by atoms with Gasteiger partial charge in [-0.25, -0.2) is 4.70 Å². The van der Waals surface area contributed by atoms with Crippen LogP contribution in [0.5, 0.6) is 0 Å². The van der Waals surface area contributed by atoms with Gasteiger partial charge in [0.2, 0.25) is 11.4 Å². The molecule has 0 aromatic heterocycles. The zero-order chi connectivity index (χ0) is 27.0. The zero-order valence-corrected chi connectivity index (χ0v) is 25.3. The van der Waals surface area contributed by atoms with E-state index in [4.69, 9.17) is 0 Å². The number of aryl methyl sites for hydroxylation is 2. The van der Waals surface area contributed by atoms with Gasteiger partial charge in [0, 0.05) is 22.3 Å². The van der Waals surface area contributed by atoms with Crippen LogP contribution in [-0.2, 0) is 27.3 Å². The molecule has 0 spiro atoms. The normalized spacial score (nSPS) is 13.4. The van der Waals surface area contributed by atoms with Crippen molar-refractivity contribution in [2.75, 3.05) is 0 Å². The molecule has 2 aromatic carbocycles. The van der Waals surface area contributed by atoms with Crippen LogP contribution in [0.2, 0.25) is 10.8 Å². The number of unbranched alkanes of at least 4 members (excludes halogenated alkanes) is 4. The van der Waals surface area contributed by atoms with Crippen molar-refractivity contribution in [3.63, 3.8) is 0 Å². The van der Waals surface area contributed by atoms with Crippen LogP contribution in [0.4, 0.5) is 0 Å². The number of rotatable bonds is 14. The van der Waals surface area contributed by atoms with E-state index in [1.54, 1.807) is 0 Å². The van der Waals surface area contributed by atoms with Crippen LogP contribution in [-0.4, -0.2) is 4.70 Å². The molecule has 1 aliphatic rings. The Morgan fingerprint density at radius 1 is 0.595 bits per heavy atom. The third-order valence-electron chi connectivity index (χ3n) is 6.96. The van der Waals surface area contributed by atoms with Crippen molar-refractivity contribution in [3.05, 3.63) is 87.5 Å². The van der Waals surface area contributed by atoms with Gasteiger partial charge in [0.05, 0.1) is 0 Å². The monoisotopic (exact) mass is 544 g/mol. The van der Waals surface area contributed by atoms with Crippen LogP contribution in [0.25, 0.3) is 16.9 Å². The molecule has 0 unspecified atom stereocenters. The maximum atomic E-state index is 11.4. The number of hydrogen-bond donors (Lipinski definition) is 0. The van der Waals surface area contributed by atoms with E-state index in [2.05, 4.69) is 90.1 Å². The van der Waals surface area contributed by atoms with Crippen LogP contribution in [0, 0.1) is 0 Å². The summed E-state index contributed by atoms with van der Waals surface area (Å²) >= 11 is 1.82. The van der Waals surface area contributed by atoms with E-state index in [1.165, 1.54) is 76.3 Å². The molecule has 0 saturated heterocycles. The van der Waals surface area contributed by atoms with E-state index in [-0.39, 0.29) is 0 Å². The first-order chi connectivity index (χ1) is 18.0. The van der Waals surface area contributed by atoms with Gasteiger partial charge in [0.1, 0.15) is 0 Å². The molecule has 0 aliphatic carbocycles. The quantitative estimate of drug-likeness (QED) is 0.128. The molecule has 0 N–H and O–H groups in total. The van der Waals surface area contributed by atoms with Gasteiger partial charge in [-0.15, -0.1) is 0 Å². The van der Waals surface area contributed by atoms with Crippen LogP contribution < -0.4 is 0 Å². The van der Waals surface area contributed by atoms with Gasteiger partial charge in [0.15, 0.2) is 0 Å². The number of hydrogen-bond acceptors (Lipinski definition) is 0. The van der Waals surface area contributed by atoms with E-state index in [0.717, 1.165) is 48.2 Å². The van der Waals surface area contributed by atoms with Gasteiger partial charge in [-0.1, -0.05) is 70.7 Å². The second kappa shape index (κ2) is 17.5. The molecular weight excluding hydrogens is 495 g/mol. The van der Waals surface area contributed by atoms with Crippen LogP contribution >= 0.6 is 0 Å². The van der Waals surface area contributed by atoms with E-state index in [1.807, 2.05) is 14.4 Å². The van der Waals surface area contributed by atoms with Crippen LogP contribution in [0.15, 0.2) is 59.7 Å². The van der Waals surface area contributed by atoms with Crippen molar-refractivity contribution >= 4 is 11.4 Å². The molecule has 3 heteroatoms. The summed E-state index contributed by atoms with van der Waals surface area (Å²) in [4.78, 5) is 0. The Morgan fingerprint density at radius 2 is 1.05 bits per heavy atom. The van der Waals surface area contributed by atoms with Crippen LogP contribution in [0.3, 0.4) is 0 Å². The van der Waals surface area contributed by atoms with Gasteiger partial charge in [0.25, 0.3) is 0 Å². The standard InChI is InChI=1S/C30H40N2.2C2H5.Ni/c1-5-8-11-14-28-23(4)29(26-19-15-24(16-20-26)12-9-6-2)32(31)30(28)27-21-17-25(18-22-27)13-10-7-3;2*1-2;/h15-22H,5-14H2,1-4H3;2*1H2,2H3;. The summed E-state index contributed by atoms with van der Waals surface area (Å²) in [6, 6.07) is 17.6. The molecule has 37 heavy (non-hydrogen) atoms. The first-order valence-corrected chi connectivity index (χ1v) is 16.0. The third-order valence-corrected chi connectivity index (χ3v) is 7.94. The Kier molecular flexibility index (Phi) is 14.8. The summed E-state index contributed by atoms with van der Waals surface area (Å²) in [6.45, 7) is 13.2. The molecule has 1 aliphatic heterocycles. The molecule has 3 rings (SSSR count). The van der Waals surface area contributed by atoms with Crippen molar-refractivity contribution in [2.24, 2.45) is 0 Å². The molecule has 0 saturated carbocycles. The van der Waals surface area contributed by atoms with Crippen molar-refractivity contribution in [1.82, 2.24) is 0 Å². The topological polar surface area (TPSA) is 25.3 Å². The summed E-state index contributed by atoms with van der Waals surface area (Å²) in [7, 11) is 0. The second-order valence-corrected chi connectivity index (χ2v) is 11.7. The SMILES string of the molecule is CCCCCC1=C(c2ccc(CCCC)cc2)[N+](=[N-])C(c2ccc(CCCC)cc2)=C1C.C[CH2][Ni][CH2]C.